The highest BCUT2D eigenvalue weighted by Crippen LogP contribution is 1.87. The summed E-state index contributed by atoms with van der Waals surface area (Å²) in [5, 5.41) is 2.91. The topological polar surface area (TPSA) is 63.8 Å². The third-order valence-electron chi connectivity index (χ3n) is 3.46. The van der Waals surface area contributed by atoms with Crippen molar-refractivity contribution in [3.8, 4) is 0 Å². The molecule has 0 bridgehead atoms. The summed E-state index contributed by atoms with van der Waals surface area (Å²) in [6.45, 7) is 8.69. The smallest absolute Gasteiger partial charge is 0.275 e. The average molecular weight is 251 g/mol. The maximum Gasteiger partial charge on any atom is 0.275 e. The fourth-order valence-corrected chi connectivity index (χ4v) is 2.20. The molecule has 1 fully saturated rings. The van der Waals surface area contributed by atoms with E-state index in [0.717, 1.165) is 13.1 Å². The molecule has 2 rings (SSSR count). The van der Waals surface area contributed by atoms with Crippen LogP contribution >= 0.6 is 0 Å². The lowest BCUT2D eigenvalue weighted by molar-refractivity contribution is -1.01. The van der Waals surface area contributed by atoms with Crippen molar-refractivity contribution in [2.45, 2.75) is 6.92 Å². The summed E-state index contributed by atoms with van der Waals surface area (Å²) in [5.74, 6) is -0.138. The van der Waals surface area contributed by atoms with E-state index in [1.807, 2.05) is 0 Å². The largest absolute Gasteiger partial charge is 0.326 e. The number of likely N-dealkylation sites (N-methyl/N-ethyl adjacent to an activating group) is 1. The standard InChI is InChI=1S/C12H19N5O/c1-2-16-5-7-17(8-6-16)10-15-12(18)11-9-13-3-4-14-11/h3-4,9H,2,5-8,10H2,1H3,(H,15,18)/p+2. The second-order valence-electron chi connectivity index (χ2n) is 4.63. The highest BCUT2D eigenvalue weighted by Gasteiger charge is 2.21. The summed E-state index contributed by atoms with van der Waals surface area (Å²) in [4.78, 5) is 22.7. The van der Waals surface area contributed by atoms with Crippen molar-refractivity contribution >= 4 is 5.91 Å². The summed E-state index contributed by atoms with van der Waals surface area (Å²) in [6.07, 6.45) is 4.59. The molecule has 3 N–H and O–H groups in total. The van der Waals surface area contributed by atoms with Crippen LogP contribution in [0.25, 0.3) is 0 Å². The first kappa shape index (κ1) is 12.9. The number of hydrogen-bond acceptors (Lipinski definition) is 3. The van der Waals surface area contributed by atoms with Crippen molar-refractivity contribution in [2.75, 3.05) is 39.4 Å². The Labute approximate surface area is 107 Å². The van der Waals surface area contributed by atoms with Crippen LogP contribution in [0.4, 0.5) is 0 Å². The second kappa shape index (κ2) is 6.42. The highest BCUT2D eigenvalue weighted by molar-refractivity contribution is 5.91. The zero-order chi connectivity index (χ0) is 12.8. The van der Waals surface area contributed by atoms with Crippen molar-refractivity contribution in [3.63, 3.8) is 0 Å². The van der Waals surface area contributed by atoms with Crippen LogP contribution in [-0.2, 0) is 0 Å². The molecule has 0 aliphatic carbocycles. The molecule has 0 spiro atoms. The molecule has 0 radical (unpaired) electrons. The summed E-state index contributed by atoms with van der Waals surface area (Å²) < 4.78 is 0. The van der Waals surface area contributed by atoms with Crippen LogP contribution in [0.5, 0.6) is 0 Å². The fraction of sp³-hybridized carbons (Fsp3) is 0.583. The van der Waals surface area contributed by atoms with E-state index in [1.54, 1.807) is 11.1 Å². The molecule has 6 nitrogen and oxygen atoms in total. The number of amides is 1. The zero-order valence-electron chi connectivity index (χ0n) is 10.8. The second-order valence-corrected chi connectivity index (χ2v) is 4.63. The van der Waals surface area contributed by atoms with Crippen LogP contribution in [-0.4, -0.2) is 55.3 Å². The molecule has 98 valence electrons. The van der Waals surface area contributed by atoms with Gasteiger partial charge in [0, 0.05) is 12.4 Å². The van der Waals surface area contributed by atoms with Crippen LogP contribution in [0.1, 0.15) is 17.4 Å². The van der Waals surface area contributed by atoms with Crippen molar-refractivity contribution in [1.82, 2.24) is 15.3 Å². The van der Waals surface area contributed by atoms with E-state index < -0.39 is 0 Å². The van der Waals surface area contributed by atoms with Crippen LogP contribution in [0.2, 0.25) is 0 Å². The molecule has 2 heterocycles. The maximum absolute atomic E-state index is 11.8. The normalized spacial score (nSPS) is 23.6. The van der Waals surface area contributed by atoms with Crippen molar-refractivity contribution in [2.24, 2.45) is 0 Å². The van der Waals surface area contributed by atoms with Gasteiger partial charge >= 0.3 is 0 Å². The Balaban J connectivity index is 1.74. The summed E-state index contributed by atoms with van der Waals surface area (Å²) in [7, 11) is 0. The van der Waals surface area contributed by atoms with E-state index in [0.29, 0.717) is 12.4 Å². The minimum Gasteiger partial charge on any atom is -0.326 e. The van der Waals surface area contributed by atoms with Gasteiger partial charge in [-0.25, -0.2) is 4.98 Å². The summed E-state index contributed by atoms with van der Waals surface area (Å²) in [5.41, 5.74) is 0.384. The minimum absolute atomic E-state index is 0.138. The first-order valence-corrected chi connectivity index (χ1v) is 6.51. The van der Waals surface area contributed by atoms with Crippen LogP contribution in [0, 0.1) is 0 Å². The fourth-order valence-electron chi connectivity index (χ4n) is 2.20. The molecule has 1 aliphatic rings. The Morgan fingerprint density at radius 2 is 2.00 bits per heavy atom. The van der Waals surface area contributed by atoms with E-state index in [4.69, 9.17) is 0 Å². The molecule has 0 saturated carbocycles. The van der Waals surface area contributed by atoms with E-state index in [2.05, 4.69) is 22.2 Å². The third-order valence-corrected chi connectivity index (χ3v) is 3.46. The highest BCUT2D eigenvalue weighted by atomic mass is 16.2. The number of aromatic nitrogens is 2. The van der Waals surface area contributed by atoms with Gasteiger partial charge in [0.2, 0.25) is 0 Å². The first-order chi connectivity index (χ1) is 8.79. The molecular weight excluding hydrogens is 230 g/mol. The van der Waals surface area contributed by atoms with Crippen molar-refractivity contribution < 1.29 is 14.6 Å². The van der Waals surface area contributed by atoms with Gasteiger partial charge in [-0.05, 0) is 6.92 Å². The van der Waals surface area contributed by atoms with Gasteiger partial charge in [-0.15, -0.1) is 0 Å². The van der Waals surface area contributed by atoms with Crippen LogP contribution in [0.3, 0.4) is 0 Å². The SMILES string of the molecule is CC[NH+]1CC[NH+](CNC(=O)c2cnccn2)CC1. The molecule has 1 aromatic heterocycles. The zero-order valence-corrected chi connectivity index (χ0v) is 10.8. The molecule has 1 aromatic rings. The molecular formula is C12H21N5O+2. The lowest BCUT2D eigenvalue weighted by Gasteiger charge is -2.28. The van der Waals surface area contributed by atoms with Crippen molar-refractivity contribution in [1.29, 1.82) is 0 Å². The number of hydrogen-bond donors (Lipinski definition) is 3. The Morgan fingerprint density at radius 3 is 2.61 bits per heavy atom. The maximum atomic E-state index is 11.8. The van der Waals surface area contributed by atoms with E-state index >= 15 is 0 Å². The molecule has 1 amide bonds. The van der Waals surface area contributed by atoms with E-state index in [1.165, 1.54) is 36.9 Å². The summed E-state index contributed by atoms with van der Waals surface area (Å²) >= 11 is 0. The number of rotatable bonds is 4. The quantitative estimate of drug-likeness (QED) is 0.533. The Kier molecular flexibility index (Phi) is 4.60. The monoisotopic (exact) mass is 251 g/mol. The number of quaternary nitrogens is 2. The van der Waals surface area contributed by atoms with Crippen LogP contribution in [0.15, 0.2) is 18.6 Å². The van der Waals surface area contributed by atoms with E-state index in [-0.39, 0.29) is 5.91 Å². The molecule has 0 atom stereocenters. The van der Waals surface area contributed by atoms with Crippen LogP contribution < -0.4 is 15.1 Å². The number of carbonyl (C=O) groups excluding carboxylic acids is 1. The molecule has 6 heteroatoms. The van der Waals surface area contributed by atoms with E-state index in [9.17, 15) is 4.79 Å². The molecule has 0 unspecified atom stereocenters. The third kappa shape index (κ3) is 3.48. The Hall–Kier alpha value is -1.53. The molecule has 1 aliphatic heterocycles. The Bertz CT molecular complexity index is 375. The van der Waals surface area contributed by atoms with Crippen molar-refractivity contribution in [3.05, 3.63) is 24.3 Å². The van der Waals surface area contributed by atoms with Gasteiger partial charge in [-0.2, -0.15) is 0 Å². The van der Waals surface area contributed by atoms with Gasteiger partial charge < -0.3 is 15.1 Å². The van der Waals surface area contributed by atoms with Gasteiger partial charge in [0.1, 0.15) is 31.9 Å². The molecule has 18 heavy (non-hydrogen) atoms. The predicted molar refractivity (Wildman–Crippen MR) is 66.3 cm³/mol. The van der Waals surface area contributed by atoms with Gasteiger partial charge in [0.05, 0.1) is 12.7 Å². The number of nitrogens with one attached hydrogen (secondary N) is 3. The number of carbonyl (C=O) groups is 1. The van der Waals surface area contributed by atoms with Gasteiger partial charge in [0.15, 0.2) is 6.67 Å². The Morgan fingerprint density at radius 1 is 1.28 bits per heavy atom. The average Bonchev–Trinajstić information content (AvgIpc) is 2.46. The molecule has 0 aromatic carbocycles. The van der Waals surface area contributed by atoms with Gasteiger partial charge in [-0.1, -0.05) is 0 Å². The lowest BCUT2D eigenvalue weighted by atomic mass is 10.3. The summed E-state index contributed by atoms with van der Waals surface area (Å²) in [6, 6.07) is 0. The number of nitrogens with zero attached hydrogens (tertiary/aromatic N) is 2. The minimum atomic E-state index is -0.138. The first-order valence-electron chi connectivity index (χ1n) is 6.51. The van der Waals surface area contributed by atoms with Gasteiger partial charge in [0.25, 0.3) is 5.91 Å². The predicted octanol–water partition coefficient (Wildman–Crippen LogP) is -3.03. The lowest BCUT2D eigenvalue weighted by Crippen LogP contribution is -3.28. The van der Waals surface area contributed by atoms with Gasteiger partial charge in [-0.3, -0.25) is 9.78 Å². The molecule has 1 saturated heterocycles. The number of piperazine rings is 1.